The van der Waals surface area contributed by atoms with Crippen molar-refractivity contribution in [1.29, 1.82) is 0 Å². The van der Waals surface area contributed by atoms with E-state index in [0.29, 0.717) is 0 Å². The molecule has 0 aromatic heterocycles. The highest BCUT2D eigenvalue weighted by molar-refractivity contribution is 9.10. The number of halogens is 3. The second-order valence-electron chi connectivity index (χ2n) is 1.39. The van der Waals surface area contributed by atoms with Crippen LogP contribution >= 0.6 is 15.9 Å². The Bertz CT molecular complexity index is 202. The molecule has 0 radical (unpaired) electrons. The molecule has 0 heterocycles. The maximum absolute atomic E-state index is 12.2. The summed E-state index contributed by atoms with van der Waals surface area (Å²) in [5, 5.41) is 0. The van der Waals surface area contributed by atoms with Crippen LogP contribution in [0.1, 0.15) is 0 Å². The highest BCUT2D eigenvalue weighted by Crippen LogP contribution is 2.15. The van der Waals surface area contributed by atoms with E-state index in [4.69, 9.17) is 0 Å². The Hall–Kier alpha value is -0.620. The molecule has 1 rings (SSSR count). The van der Waals surface area contributed by atoms with E-state index in [1.807, 2.05) is 0 Å². The van der Waals surface area contributed by atoms with Crippen LogP contribution in [0.25, 0.3) is 0 Å². The van der Waals surface area contributed by atoms with Gasteiger partial charge in [-0.1, -0.05) is 6.07 Å². The first-order valence-corrected chi connectivity index (χ1v) is 2.94. The maximum atomic E-state index is 12.2. The molecule has 0 bridgehead atoms. The van der Waals surface area contributed by atoms with Gasteiger partial charge in [0.1, 0.15) is 5.82 Å². The largest absolute Gasteiger partial charge is 0.205 e. The molecule has 0 fully saturated rings. The predicted molar refractivity (Wildman–Crippen MR) is 31.7 cm³/mol. The molecule has 0 atom stereocenters. The van der Waals surface area contributed by atoms with Crippen LogP contribution in [-0.4, -0.2) is 0 Å². The van der Waals surface area contributed by atoms with Gasteiger partial charge in [-0.25, -0.2) is 4.39 Å². The SMILES string of the molecule is Fc1c#ccc(F)c1Br. The summed E-state index contributed by atoms with van der Waals surface area (Å²) in [5.41, 5.74) is 0. The quantitative estimate of drug-likeness (QED) is 0.590. The fourth-order valence-electron chi connectivity index (χ4n) is 0.386. The van der Waals surface area contributed by atoms with Crippen molar-refractivity contribution >= 4 is 15.9 Å². The van der Waals surface area contributed by atoms with Gasteiger partial charge in [0.15, 0.2) is 5.82 Å². The van der Waals surface area contributed by atoms with E-state index < -0.39 is 11.6 Å². The zero-order valence-electron chi connectivity index (χ0n) is 4.21. The van der Waals surface area contributed by atoms with E-state index in [-0.39, 0.29) is 4.47 Å². The number of rotatable bonds is 0. The smallest absolute Gasteiger partial charge is 0.190 e. The van der Waals surface area contributed by atoms with Gasteiger partial charge in [-0.3, -0.25) is 0 Å². The van der Waals surface area contributed by atoms with Crippen molar-refractivity contribution in [2.24, 2.45) is 0 Å². The summed E-state index contributed by atoms with van der Waals surface area (Å²) in [6.45, 7) is 0. The summed E-state index contributed by atoms with van der Waals surface area (Å²) in [6.07, 6.45) is 0. The van der Waals surface area contributed by atoms with E-state index in [1.54, 1.807) is 0 Å². The molecule has 9 heavy (non-hydrogen) atoms. The first kappa shape index (κ1) is 6.50. The van der Waals surface area contributed by atoms with Gasteiger partial charge in [-0.05, 0) is 22.0 Å². The molecule has 0 aliphatic carbocycles. The second-order valence-corrected chi connectivity index (χ2v) is 2.18. The van der Waals surface area contributed by atoms with E-state index in [2.05, 4.69) is 28.1 Å². The molecule has 0 aliphatic heterocycles. The third-order valence-corrected chi connectivity index (χ3v) is 1.51. The standard InChI is InChI=1S/C6HBrF2/c7-6-4(8)2-1-3-5(6)9/h2H. The van der Waals surface area contributed by atoms with Crippen molar-refractivity contribution in [2.45, 2.75) is 0 Å². The molecule has 0 amide bonds. The lowest BCUT2D eigenvalue weighted by atomic mass is 10.4. The minimum atomic E-state index is -0.755. The molecule has 1 aromatic rings. The predicted octanol–water partition coefficient (Wildman–Crippen LogP) is 2.33. The van der Waals surface area contributed by atoms with Crippen molar-refractivity contribution in [3.63, 3.8) is 0 Å². The minimum Gasteiger partial charge on any atom is -0.205 e. The van der Waals surface area contributed by atoms with Crippen LogP contribution in [0.4, 0.5) is 8.78 Å². The van der Waals surface area contributed by atoms with Crippen molar-refractivity contribution in [1.82, 2.24) is 0 Å². The Kier molecular flexibility index (Phi) is 1.68. The average molecular weight is 191 g/mol. The summed E-state index contributed by atoms with van der Waals surface area (Å²) >= 11 is 2.68. The highest BCUT2D eigenvalue weighted by atomic mass is 79.9. The van der Waals surface area contributed by atoms with E-state index in [1.165, 1.54) is 0 Å². The summed E-state index contributed by atoms with van der Waals surface area (Å²) in [5.74, 6) is -1.42. The van der Waals surface area contributed by atoms with E-state index in [9.17, 15) is 8.78 Å². The van der Waals surface area contributed by atoms with Crippen LogP contribution in [0.3, 0.4) is 0 Å². The Labute approximate surface area is 59.6 Å². The molecule has 0 unspecified atom stereocenters. The van der Waals surface area contributed by atoms with Gasteiger partial charge < -0.3 is 0 Å². The summed E-state index contributed by atoms with van der Waals surface area (Å²) < 4.78 is 24.3. The average Bonchev–Trinajstić information content (AvgIpc) is 1.83. The molecule has 0 N–H and O–H groups in total. The van der Waals surface area contributed by atoms with Gasteiger partial charge in [0, 0.05) is 6.07 Å². The third-order valence-electron chi connectivity index (χ3n) is 0.783. The van der Waals surface area contributed by atoms with Crippen LogP contribution < -0.4 is 0 Å². The Morgan fingerprint density at radius 2 is 2.11 bits per heavy atom. The lowest BCUT2D eigenvalue weighted by Gasteiger charge is -1.87. The fraction of sp³-hybridized carbons (Fsp3) is 0. The molecular weight excluding hydrogens is 190 g/mol. The zero-order chi connectivity index (χ0) is 6.85. The maximum Gasteiger partial charge on any atom is 0.190 e. The lowest BCUT2D eigenvalue weighted by Crippen LogP contribution is -1.78. The first-order chi connectivity index (χ1) is 4.22. The summed E-state index contributed by atoms with van der Waals surface area (Å²) in [7, 11) is 0. The van der Waals surface area contributed by atoms with Crippen molar-refractivity contribution in [3.8, 4) is 0 Å². The van der Waals surface area contributed by atoms with Crippen LogP contribution in [-0.2, 0) is 0 Å². The molecule has 1 aromatic carbocycles. The molecule has 0 saturated carbocycles. The molecule has 3 heteroatoms. The zero-order valence-corrected chi connectivity index (χ0v) is 5.80. The van der Waals surface area contributed by atoms with Gasteiger partial charge >= 0.3 is 0 Å². The number of hydrogen-bond donors (Lipinski definition) is 0. The van der Waals surface area contributed by atoms with Crippen molar-refractivity contribution in [2.75, 3.05) is 0 Å². The van der Waals surface area contributed by atoms with E-state index in [0.717, 1.165) is 6.07 Å². The number of hydrogen-bond acceptors (Lipinski definition) is 0. The first-order valence-electron chi connectivity index (χ1n) is 2.14. The molecule has 0 saturated heterocycles. The fourth-order valence-corrected chi connectivity index (χ4v) is 0.599. The van der Waals surface area contributed by atoms with Gasteiger partial charge in [-0.2, -0.15) is 4.39 Å². The monoisotopic (exact) mass is 190 g/mol. The van der Waals surface area contributed by atoms with Crippen molar-refractivity contribution < 1.29 is 8.78 Å². The molecule has 46 valence electrons. The van der Waals surface area contributed by atoms with Crippen LogP contribution in [0, 0.1) is 23.8 Å². The van der Waals surface area contributed by atoms with Crippen LogP contribution in [0.5, 0.6) is 0 Å². The Morgan fingerprint density at radius 1 is 1.44 bits per heavy atom. The van der Waals surface area contributed by atoms with Crippen LogP contribution in [0.15, 0.2) is 10.5 Å². The van der Waals surface area contributed by atoms with Gasteiger partial charge in [-0.15, -0.1) is 0 Å². The third kappa shape index (κ3) is 1.19. The normalized spacial score (nSPS) is 8.78. The van der Waals surface area contributed by atoms with Gasteiger partial charge in [0.2, 0.25) is 0 Å². The lowest BCUT2D eigenvalue weighted by molar-refractivity contribution is 0.573. The summed E-state index contributed by atoms with van der Waals surface area (Å²) in [6, 6.07) is 5.23. The molecule has 0 spiro atoms. The Morgan fingerprint density at radius 3 is 2.56 bits per heavy atom. The molecule has 0 aliphatic rings. The minimum absolute atomic E-state index is 0.193. The van der Waals surface area contributed by atoms with E-state index >= 15 is 0 Å². The van der Waals surface area contributed by atoms with Crippen LogP contribution in [0.2, 0.25) is 0 Å². The topological polar surface area (TPSA) is 0 Å². The molecular formula is C6HBrF2. The summed E-state index contributed by atoms with van der Waals surface area (Å²) in [4.78, 5) is 0. The van der Waals surface area contributed by atoms with Gasteiger partial charge in [0.05, 0.1) is 4.47 Å². The Balaban J connectivity index is 3.25. The highest BCUT2D eigenvalue weighted by Gasteiger charge is 2.01. The second kappa shape index (κ2) is 2.32. The van der Waals surface area contributed by atoms with Crippen molar-refractivity contribution in [3.05, 3.63) is 34.3 Å². The van der Waals surface area contributed by atoms with Gasteiger partial charge in [0.25, 0.3) is 0 Å². The molecule has 0 nitrogen and oxygen atoms in total.